The van der Waals surface area contributed by atoms with E-state index >= 15 is 0 Å². The highest BCUT2D eigenvalue weighted by Gasteiger charge is 2.60. The van der Waals surface area contributed by atoms with Gasteiger partial charge in [0.25, 0.3) is 0 Å². The quantitative estimate of drug-likeness (QED) is 0.583. The zero-order chi connectivity index (χ0) is 14.2. The van der Waals surface area contributed by atoms with Crippen LogP contribution in [0.4, 0.5) is 0 Å². The second kappa shape index (κ2) is 4.84. The fourth-order valence-electron chi connectivity index (χ4n) is 2.84. The minimum absolute atomic E-state index is 0.867. The minimum atomic E-state index is -1.25. The van der Waals surface area contributed by atoms with E-state index in [1.54, 1.807) is 48.5 Å². The first-order chi connectivity index (χ1) is 7.33. The lowest BCUT2D eigenvalue weighted by Crippen LogP contribution is -2.65. The van der Waals surface area contributed by atoms with Gasteiger partial charge in [-0.1, -0.05) is 13.8 Å². The van der Waals surface area contributed by atoms with Crippen LogP contribution < -0.4 is 0 Å². The molecule has 0 aromatic rings. The predicted molar refractivity (Wildman–Crippen MR) is 67.6 cm³/mol. The first-order valence-electron chi connectivity index (χ1n) is 6.10. The smallest absolute Gasteiger partial charge is 0.0676 e. The van der Waals surface area contributed by atoms with E-state index in [9.17, 15) is 20.4 Å². The summed E-state index contributed by atoms with van der Waals surface area (Å²) in [6.07, 6.45) is -2.61. The Morgan fingerprint density at radius 3 is 1.06 bits per heavy atom. The highest BCUT2D eigenvalue weighted by Crippen LogP contribution is 2.53. The molecule has 4 atom stereocenters. The van der Waals surface area contributed by atoms with E-state index in [1.807, 2.05) is 0 Å². The number of hydrogen-bond acceptors (Lipinski definition) is 4. The van der Waals surface area contributed by atoms with Crippen molar-refractivity contribution >= 4 is 0 Å². The van der Waals surface area contributed by atoms with Crippen molar-refractivity contribution in [2.75, 3.05) is 0 Å². The van der Waals surface area contributed by atoms with Crippen molar-refractivity contribution in [2.45, 2.75) is 72.4 Å². The molecule has 0 bridgehead atoms. The molecule has 0 aliphatic heterocycles. The molecule has 17 heavy (non-hydrogen) atoms. The molecule has 0 aromatic carbocycles. The van der Waals surface area contributed by atoms with Crippen LogP contribution in [0.1, 0.15) is 48.5 Å². The second-order valence-electron chi connectivity index (χ2n) is 6.07. The summed E-state index contributed by atoms with van der Waals surface area (Å²) in [4.78, 5) is 0. The molecule has 0 aliphatic carbocycles. The molecule has 0 spiro atoms. The Morgan fingerprint density at radius 2 is 1.00 bits per heavy atom. The molecule has 0 heterocycles. The van der Waals surface area contributed by atoms with E-state index < -0.39 is 34.7 Å². The minimum Gasteiger partial charge on any atom is -0.393 e. The largest absolute Gasteiger partial charge is 0.393 e. The number of hydrogen-bond donors (Lipinski definition) is 4. The van der Waals surface area contributed by atoms with Gasteiger partial charge in [-0.3, -0.25) is 0 Å². The van der Waals surface area contributed by atoms with Gasteiger partial charge in [-0.15, -0.1) is 0 Å². The van der Waals surface area contributed by atoms with Crippen LogP contribution in [-0.2, 0) is 0 Å². The fourth-order valence-corrected chi connectivity index (χ4v) is 2.84. The lowest BCUT2D eigenvalue weighted by Gasteiger charge is -2.57. The van der Waals surface area contributed by atoms with Gasteiger partial charge >= 0.3 is 0 Å². The Labute approximate surface area is 104 Å². The maximum Gasteiger partial charge on any atom is 0.0676 e. The van der Waals surface area contributed by atoms with E-state index in [0.717, 1.165) is 0 Å². The van der Waals surface area contributed by atoms with Crippen molar-refractivity contribution < 1.29 is 20.4 Å². The Morgan fingerprint density at radius 1 is 0.706 bits per heavy atom. The maximum absolute atomic E-state index is 10.4. The van der Waals surface area contributed by atoms with Gasteiger partial charge in [-0.05, 0) is 34.6 Å². The maximum atomic E-state index is 10.4. The third kappa shape index (κ3) is 2.36. The van der Waals surface area contributed by atoms with Crippen LogP contribution in [0.15, 0.2) is 0 Å². The average Bonchev–Trinajstić information content (AvgIpc) is 2.12. The summed E-state index contributed by atoms with van der Waals surface area (Å²) >= 11 is 0. The topological polar surface area (TPSA) is 80.9 Å². The van der Waals surface area contributed by atoms with E-state index in [-0.39, 0.29) is 0 Å². The van der Waals surface area contributed by atoms with Gasteiger partial charge < -0.3 is 20.4 Å². The van der Waals surface area contributed by atoms with Crippen LogP contribution in [0.25, 0.3) is 0 Å². The molecule has 0 aliphatic rings. The lowest BCUT2D eigenvalue weighted by molar-refractivity contribution is -0.231. The molecule has 0 fully saturated rings. The summed E-state index contributed by atoms with van der Waals surface area (Å²) in [5, 5.41) is 40.4. The van der Waals surface area contributed by atoms with Crippen LogP contribution in [0, 0.1) is 10.8 Å². The molecular weight excluding hydrogens is 220 g/mol. The van der Waals surface area contributed by atoms with E-state index in [4.69, 9.17) is 0 Å². The molecule has 0 amide bonds. The summed E-state index contributed by atoms with van der Waals surface area (Å²) in [5.74, 6) is 0. The van der Waals surface area contributed by atoms with E-state index in [1.165, 1.54) is 0 Å². The molecular formula is C13H28O4. The van der Waals surface area contributed by atoms with E-state index in [2.05, 4.69) is 0 Å². The van der Waals surface area contributed by atoms with Gasteiger partial charge in [0.15, 0.2) is 0 Å². The number of aliphatic hydroxyl groups is 4. The number of rotatable bonds is 5. The predicted octanol–water partition coefficient (Wildman–Crippen LogP) is 0.912. The van der Waals surface area contributed by atoms with Crippen molar-refractivity contribution in [3.05, 3.63) is 0 Å². The van der Waals surface area contributed by atoms with Crippen molar-refractivity contribution in [3.63, 3.8) is 0 Å². The first-order valence-corrected chi connectivity index (χ1v) is 6.10. The molecule has 0 aromatic heterocycles. The fraction of sp³-hybridized carbons (Fsp3) is 1.00. The summed E-state index contributed by atoms with van der Waals surface area (Å²) in [7, 11) is 0. The monoisotopic (exact) mass is 248 g/mol. The van der Waals surface area contributed by atoms with Crippen LogP contribution in [0.3, 0.4) is 0 Å². The first kappa shape index (κ1) is 16.8. The third-order valence-electron chi connectivity index (χ3n) is 4.96. The molecule has 0 rings (SSSR count). The summed E-state index contributed by atoms with van der Waals surface area (Å²) < 4.78 is 0. The SMILES string of the molecule is CC(O)C(C)(C(C)O)C(C)(C(C)O)C(C)(C)O. The standard InChI is InChI=1S/C13H28O4/c1-8(14)12(6,9(2)15)13(7,10(3)16)11(4,5)17/h8-10,14-17H,1-7H3. The average molecular weight is 248 g/mol. The van der Waals surface area contributed by atoms with Gasteiger partial charge in [0.2, 0.25) is 0 Å². The van der Waals surface area contributed by atoms with Crippen molar-refractivity contribution in [3.8, 4) is 0 Å². The molecule has 0 saturated carbocycles. The van der Waals surface area contributed by atoms with Crippen molar-refractivity contribution in [1.29, 1.82) is 0 Å². The zero-order valence-corrected chi connectivity index (χ0v) is 12.0. The summed E-state index contributed by atoms with van der Waals surface area (Å²) in [5.41, 5.74) is -3.33. The van der Waals surface area contributed by atoms with Gasteiger partial charge in [-0.25, -0.2) is 0 Å². The normalized spacial score (nSPS) is 25.6. The Balaban J connectivity index is 5.92. The summed E-state index contributed by atoms with van der Waals surface area (Å²) in [6.45, 7) is 11.3. The Hall–Kier alpha value is -0.160. The van der Waals surface area contributed by atoms with Gasteiger partial charge in [0.05, 0.1) is 23.9 Å². The van der Waals surface area contributed by atoms with Crippen LogP contribution in [0.2, 0.25) is 0 Å². The molecule has 4 nitrogen and oxygen atoms in total. The lowest BCUT2D eigenvalue weighted by atomic mass is 9.51. The highest BCUT2D eigenvalue weighted by atomic mass is 16.3. The number of aliphatic hydroxyl groups excluding tert-OH is 3. The van der Waals surface area contributed by atoms with Crippen molar-refractivity contribution in [2.24, 2.45) is 10.8 Å². The zero-order valence-electron chi connectivity index (χ0n) is 12.0. The van der Waals surface area contributed by atoms with Crippen LogP contribution >= 0.6 is 0 Å². The molecule has 4 unspecified atom stereocenters. The molecule has 4 heteroatoms. The third-order valence-corrected chi connectivity index (χ3v) is 4.96. The van der Waals surface area contributed by atoms with E-state index in [0.29, 0.717) is 0 Å². The molecule has 0 saturated heterocycles. The molecule has 104 valence electrons. The Bertz CT molecular complexity index is 245. The Kier molecular flexibility index (Phi) is 4.80. The molecule has 4 N–H and O–H groups in total. The van der Waals surface area contributed by atoms with Gasteiger partial charge in [0, 0.05) is 10.8 Å². The van der Waals surface area contributed by atoms with Crippen molar-refractivity contribution in [1.82, 2.24) is 0 Å². The highest BCUT2D eigenvalue weighted by molar-refractivity contribution is 5.08. The second-order valence-corrected chi connectivity index (χ2v) is 6.07. The van der Waals surface area contributed by atoms with Crippen LogP contribution in [0.5, 0.6) is 0 Å². The van der Waals surface area contributed by atoms with Gasteiger partial charge in [-0.2, -0.15) is 0 Å². The van der Waals surface area contributed by atoms with Crippen LogP contribution in [-0.4, -0.2) is 44.3 Å². The molecule has 0 radical (unpaired) electrons. The summed E-state index contributed by atoms with van der Waals surface area (Å²) in [6, 6.07) is 0. The van der Waals surface area contributed by atoms with Gasteiger partial charge in [0.1, 0.15) is 0 Å².